The Morgan fingerprint density at radius 3 is 2.15 bits per heavy atom. The molecule has 20 heavy (non-hydrogen) atoms. The fraction of sp³-hybridized carbons (Fsp3) is 0.462. The van der Waals surface area contributed by atoms with Gasteiger partial charge in [-0.05, 0) is 45.0 Å². The Morgan fingerprint density at radius 2 is 1.70 bits per heavy atom. The molecule has 0 aliphatic heterocycles. The molecule has 6 nitrogen and oxygen atoms in total. The van der Waals surface area contributed by atoms with Crippen LogP contribution in [0.25, 0.3) is 0 Å². The van der Waals surface area contributed by atoms with Gasteiger partial charge in [-0.25, -0.2) is 4.57 Å². The number of esters is 1. The van der Waals surface area contributed by atoms with E-state index in [1.54, 1.807) is 32.9 Å². The topological polar surface area (TPSA) is 82.1 Å². The van der Waals surface area contributed by atoms with Crippen LogP contribution < -0.4 is 9.26 Å². The van der Waals surface area contributed by atoms with Crippen LogP contribution >= 0.6 is 7.60 Å². The van der Waals surface area contributed by atoms with Gasteiger partial charge in [0.25, 0.3) is 0 Å². The van der Waals surface area contributed by atoms with Crippen LogP contribution in [0.2, 0.25) is 0 Å². The van der Waals surface area contributed by atoms with E-state index < -0.39 is 25.3 Å². The summed E-state index contributed by atoms with van der Waals surface area (Å²) in [5, 5.41) is 0. The van der Waals surface area contributed by atoms with E-state index in [1.807, 2.05) is 0 Å². The predicted octanol–water partition coefficient (Wildman–Crippen LogP) is 2.60. The van der Waals surface area contributed by atoms with Gasteiger partial charge in [-0.3, -0.25) is 4.79 Å². The summed E-state index contributed by atoms with van der Waals surface area (Å²) in [5.74, 6) is -0.00528. The van der Waals surface area contributed by atoms with E-state index in [-0.39, 0.29) is 5.75 Å². The molecule has 112 valence electrons. The van der Waals surface area contributed by atoms with Crippen molar-refractivity contribution < 1.29 is 28.3 Å². The molecule has 1 aromatic carbocycles. The van der Waals surface area contributed by atoms with Gasteiger partial charge >= 0.3 is 13.6 Å². The number of benzene rings is 1. The molecule has 1 N–H and O–H groups in total. The quantitative estimate of drug-likeness (QED) is 0.665. The first-order chi connectivity index (χ1) is 9.11. The van der Waals surface area contributed by atoms with Gasteiger partial charge in [-0.15, -0.1) is 0 Å². The van der Waals surface area contributed by atoms with Crippen LogP contribution in [0.15, 0.2) is 24.3 Å². The molecule has 0 aliphatic rings. The molecule has 0 saturated heterocycles. The summed E-state index contributed by atoms with van der Waals surface area (Å²) in [7, 11) is -2.59. The molecule has 0 aliphatic carbocycles. The van der Waals surface area contributed by atoms with Crippen molar-refractivity contribution in [2.75, 3.05) is 13.3 Å². The lowest BCUT2D eigenvalue weighted by atomic mass is 10.2. The zero-order valence-corrected chi connectivity index (χ0v) is 12.8. The summed E-state index contributed by atoms with van der Waals surface area (Å²) in [6.07, 6.45) is -0.698. The minimum Gasteiger partial charge on any atom is -0.497 e. The Kier molecular flexibility index (Phi) is 5.20. The van der Waals surface area contributed by atoms with Crippen LogP contribution in [0.1, 0.15) is 20.8 Å². The van der Waals surface area contributed by atoms with Crippen molar-refractivity contribution in [3.05, 3.63) is 24.3 Å². The van der Waals surface area contributed by atoms with Crippen LogP contribution in [0.3, 0.4) is 0 Å². The standard InChI is InChI=1S/C13H19O6P/c1-13(2,3)18-12(14)9-20(15,16)19-11-7-5-10(17-4)6-8-11/h5-8H,9H2,1-4H3,(H,15,16). The van der Waals surface area contributed by atoms with Crippen molar-refractivity contribution in [2.24, 2.45) is 0 Å². The molecule has 1 atom stereocenters. The Balaban J connectivity index is 2.64. The third-order valence-electron chi connectivity index (χ3n) is 2.06. The molecule has 0 radical (unpaired) electrons. The zero-order valence-electron chi connectivity index (χ0n) is 12.0. The van der Waals surface area contributed by atoms with Crippen LogP contribution in [0.5, 0.6) is 11.5 Å². The SMILES string of the molecule is COc1ccc(OP(=O)(O)CC(=O)OC(C)(C)C)cc1. The Morgan fingerprint density at radius 1 is 1.20 bits per heavy atom. The van der Waals surface area contributed by atoms with Gasteiger partial charge in [0.2, 0.25) is 0 Å². The second-order valence-electron chi connectivity index (χ2n) is 5.15. The minimum absolute atomic E-state index is 0.181. The summed E-state index contributed by atoms with van der Waals surface area (Å²) in [6.45, 7) is 5.03. The smallest absolute Gasteiger partial charge is 0.387 e. The van der Waals surface area contributed by atoms with Crippen molar-refractivity contribution in [3.63, 3.8) is 0 Å². The third-order valence-corrected chi connectivity index (χ3v) is 3.21. The number of carbonyl (C=O) groups excluding carboxylic acids is 1. The van der Waals surface area contributed by atoms with Gasteiger partial charge in [0.1, 0.15) is 17.1 Å². The molecule has 7 heteroatoms. The van der Waals surface area contributed by atoms with E-state index >= 15 is 0 Å². The van der Waals surface area contributed by atoms with Crippen LogP contribution in [0, 0.1) is 0 Å². The molecule has 0 bridgehead atoms. The molecule has 0 heterocycles. The monoisotopic (exact) mass is 302 g/mol. The molecule has 0 spiro atoms. The largest absolute Gasteiger partial charge is 0.497 e. The van der Waals surface area contributed by atoms with E-state index in [0.29, 0.717) is 5.75 Å². The van der Waals surface area contributed by atoms with Crippen LogP contribution in [0.4, 0.5) is 0 Å². The van der Waals surface area contributed by atoms with E-state index in [1.165, 1.54) is 19.2 Å². The van der Waals surface area contributed by atoms with Crippen molar-refractivity contribution in [1.82, 2.24) is 0 Å². The number of carbonyl (C=O) groups is 1. The lowest BCUT2D eigenvalue weighted by Crippen LogP contribution is -2.26. The molecule has 1 unspecified atom stereocenters. The molecule has 0 fully saturated rings. The predicted molar refractivity (Wildman–Crippen MR) is 74.2 cm³/mol. The normalized spacial score (nSPS) is 14.2. The summed E-state index contributed by atoms with van der Waals surface area (Å²) < 4.78 is 26.7. The number of hydrogen-bond acceptors (Lipinski definition) is 5. The Bertz CT molecular complexity index is 503. The van der Waals surface area contributed by atoms with Crippen molar-refractivity contribution in [2.45, 2.75) is 26.4 Å². The van der Waals surface area contributed by atoms with Crippen molar-refractivity contribution in [3.8, 4) is 11.5 Å². The first-order valence-corrected chi connectivity index (χ1v) is 7.75. The Labute approximate surface area is 118 Å². The number of rotatable bonds is 5. The minimum atomic E-state index is -4.10. The maximum atomic E-state index is 11.8. The highest BCUT2D eigenvalue weighted by Gasteiger charge is 2.29. The van der Waals surface area contributed by atoms with E-state index in [4.69, 9.17) is 14.0 Å². The third kappa shape index (κ3) is 6.08. The van der Waals surface area contributed by atoms with Gasteiger partial charge in [0.05, 0.1) is 7.11 Å². The summed E-state index contributed by atoms with van der Waals surface area (Å²) >= 11 is 0. The average molecular weight is 302 g/mol. The van der Waals surface area contributed by atoms with E-state index in [2.05, 4.69) is 0 Å². The molecular formula is C13H19O6P. The molecule has 0 aromatic heterocycles. The zero-order chi connectivity index (χ0) is 15.4. The summed E-state index contributed by atoms with van der Waals surface area (Å²) in [5.41, 5.74) is -0.711. The van der Waals surface area contributed by atoms with Crippen LogP contribution in [-0.2, 0) is 14.1 Å². The lowest BCUT2D eigenvalue weighted by Gasteiger charge is -2.20. The fourth-order valence-corrected chi connectivity index (χ4v) is 2.28. The van der Waals surface area contributed by atoms with Crippen molar-refractivity contribution in [1.29, 1.82) is 0 Å². The fourth-order valence-electron chi connectivity index (χ4n) is 1.37. The molecular weight excluding hydrogens is 283 g/mol. The van der Waals surface area contributed by atoms with Gasteiger partial charge in [0.15, 0.2) is 6.16 Å². The second-order valence-corrected chi connectivity index (χ2v) is 6.92. The molecule has 0 amide bonds. The van der Waals surface area contributed by atoms with E-state index in [0.717, 1.165) is 0 Å². The van der Waals surface area contributed by atoms with Crippen molar-refractivity contribution >= 4 is 13.6 Å². The van der Waals surface area contributed by atoms with Gasteiger partial charge in [-0.1, -0.05) is 0 Å². The highest BCUT2D eigenvalue weighted by molar-refractivity contribution is 7.54. The number of hydrogen-bond donors (Lipinski definition) is 1. The molecule has 1 rings (SSSR count). The maximum absolute atomic E-state index is 11.8. The lowest BCUT2D eigenvalue weighted by molar-refractivity contribution is -0.151. The van der Waals surface area contributed by atoms with Gasteiger partial charge in [-0.2, -0.15) is 0 Å². The highest BCUT2D eigenvalue weighted by Crippen LogP contribution is 2.43. The van der Waals surface area contributed by atoms with Gasteiger partial charge in [0, 0.05) is 0 Å². The Hall–Kier alpha value is -1.52. The van der Waals surface area contributed by atoms with Crippen LogP contribution in [-0.4, -0.2) is 29.7 Å². The summed E-state index contributed by atoms with van der Waals surface area (Å²) in [6, 6.07) is 6.14. The first kappa shape index (κ1) is 16.5. The number of methoxy groups -OCH3 is 1. The highest BCUT2D eigenvalue weighted by atomic mass is 31.2. The molecule has 0 saturated carbocycles. The maximum Gasteiger partial charge on any atom is 0.387 e. The molecule has 1 aromatic rings. The first-order valence-electron chi connectivity index (χ1n) is 5.99. The second kappa shape index (κ2) is 6.29. The number of ether oxygens (including phenoxy) is 2. The average Bonchev–Trinajstić information content (AvgIpc) is 2.25. The summed E-state index contributed by atoms with van der Waals surface area (Å²) in [4.78, 5) is 21.2. The van der Waals surface area contributed by atoms with Gasteiger partial charge < -0.3 is 18.9 Å². The van der Waals surface area contributed by atoms with E-state index in [9.17, 15) is 14.3 Å².